The Morgan fingerprint density at radius 3 is 2.40 bits per heavy atom. The van der Waals surface area contributed by atoms with Crippen molar-refractivity contribution in [2.75, 3.05) is 7.05 Å². The lowest BCUT2D eigenvalue weighted by atomic mass is 9.69. The average molecular weight is 209 g/mol. The van der Waals surface area contributed by atoms with E-state index in [1.807, 2.05) is 0 Å². The molecule has 1 nitrogen and oxygen atoms in total. The van der Waals surface area contributed by atoms with Gasteiger partial charge in [-0.25, -0.2) is 0 Å². The summed E-state index contributed by atoms with van der Waals surface area (Å²) in [5.41, 5.74) is 0. The fraction of sp³-hybridized carbons (Fsp3) is 1.00. The Balaban J connectivity index is 1.96. The quantitative estimate of drug-likeness (QED) is 0.749. The Morgan fingerprint density at radius 1 is 1.07 bits per heavy atom. The highest BCUT2D eigenvalue weighted by molar-refractivity contribution is 4.88. The summed E-state index contributed by atoms with van der Waals surface area (Å²) in [6, 6.07) is 0.818. The Morgan fingerprint density at radius 2 is 1.80 bits per heavy atom. The molecule has 3 unspecified atom stereocenters. The lowest BCUT2D eigenvalue weighted by Crippen LogP contribution is -2.38. The fourth-order valence-electron chi connectivity index (χ4n) is 4.00. The van der Waals surface area contributed by atoms with E-state index in [0.29, 0.717) is 0 Å². The molecule has 0 heterocycles. The van der Waals surface area contributed by atoms with E-state index < -0.39 is 0 Å². The zero-order valence-corrected chi connectivity index (χ0v) is 10.5. The van der Waals surface area contributed by atoms with Crippen LogP contribution in [-0.4, -0.2) is 13.1 Å². The van der Waals surface area contributed by atoms with Crippen LogP contribution in [-0.2, 0) is 0 Å². The van der Waals surface area contributed by atoms with Gasteiger partial charge in [-0.15, -0.1) is 0 Å². The molecule has 15 heavy (non-hydrogen) atoms. The maximum atomic E-state index is 3.50. The predicted octanol–water partition coefficient (Wildman–Crippen LogP) is 3.59. The van der Waals surface area contributed by atoms with Crippen molar-refractivity contribution in [2.45, 2.75) is 64.3 Å². The summed E-state index contributed by atoms with van der Waals surface area (Å²) in [7, 11) is 2.14. The Labute approximate surface area is 95.0 Å². The van der Waals surface area contributed by atoms with Crippen LogP contribution in [0, 0.1) is 17.8 Å². The molecule has 2 rings (SSSR count). The number of hydrogen-bond acceptors (Lipinski definition) is 1. The maximum Gasteiger partial charge on any atom is 0.00670 e. The molecule has 1 N–H and O–H groups in total. The average Bonchev–Trinajstić information content (AvgIpc) is 2.81. The molecule has 0 aromatic rings. The molecule has 0 radical (unpaired) electrons. The minimum absolute atomic E-state index is 0.818. The van der Waals surface area contributed by atoms with Gasteiger partial charge >= 0.3 is 0 Å². The second-order valence-corrected chi connectivity index (χ2v) is 5.68. The van der Waals surface area contributed by atoms with E-state index in [1.54, 1.807) is 0 Å². The minimum atomic E-state index is 0.818. The van der Waals surface area contributed by atoms with Crippen molar-refractivity contribution in [3.05, 3.63) is 0 Å². The molecule has 88 valence electrons. The van der Waals surface area contributed by atoms with Gasteiger partial charge in [0, 0.05) is 6.04 Å². The summed E-state index contributed by atoms with van der Waals surface area (Å²) in [5, 5.41) is 3.50. The van der Waals surface area contributed by atoms with Crippen LogP contribution in [0.4, 0.5) is 0 Å². The van der Waals surface area contributed by atoms with Crippen LogP contribution in [0.15, 0.2) is 0 Å². The van der Waals surface area contributed by atoms with Crippen LogP contribution in [0.1, 0.15) is 58.3 Å². The Kier molecular flexibility index (Phi) is 4.07. The van der Waals surface area contributed by atoms with Crippen LogP contribution in [0.2, 0.25) is 0 Å². The summed E-state index contributed by atoms with van der Waals surface area (Å²) in [5.74, 6) is 3.16. The van der Waals surface area contributed by atoms with E-state index in [-0.39, 0.29) is 0 Å². The van der Waals surface area contributed by atoms with Crippen molar-refractivity contribution in [2.24, 2.45) is 17.8 Å². The van der Waals surface area contributed by atoms with Crippen LogP contribution in [0.25, 0.3) is 0 Å². The lowest BCUT2D eigenvalue weighted by Gasteiger charge is -2.39. The molecule has 3 atom stereocenters. The maximum absolute atomic E-state index is 3.50. The highest BCUT2D eigenvalue weighted by Gasteiger charge is 2.35. The lowest BCUT2D eigenvalue weighted by molar-refractivity contribution is 0.135. The van der Waals surface area contributed by atoms with E-state index >= 15 is 0 Å². The van der Waals surface area contributed by atoms with Crippen LogP contribution < -0.4 is 5.32 Å². The molecule has 0 aromatic carbocycles. The molecule has 0 bridgehead atoms. The van der Waals surface area contributed by atoms with Gasteiger partial charge in [0.2, 0.25) is 0 Å². The highest BCUT2D eigenvalue weighted by Crippen LogP contribution is 2.43. The van der Waals surface area contributed by atoms with Crippen LogP contribution >= 0.6 is 0 Å². The third-order valence-electron chi connectivity index (χ3n) is 4.99. The van der Waals surface area contributed by atoms with Gasteiger partial charge in [-0.3, -0.25) is 0 Å². The largest absolute Gasteiger partial charge is 0.317 e. The molecule has 2 fully saturated rings. The standard InChI is InChI=1S/C14H27N/c1-3-11-8-9-13(15-2)10-14(11)12-6-4-5-7-12/h11-15H,3-10H2,1-2H3. The summed E-state index contributed by atoms with van der Waals surface area (Å²) in [4.78, 5) is 0. The van der Waals surface area contributed by atoms with E-state index in [4.69, 9.17) is 0 Å². The molecule has 0 aromatic heterocycles. The third kappa shape index (κ3) is 2.55. The first-order valence-electron chi connectivity index (χ1n) is 7.02. The van der Waals surface area contributed by atoms with Crippen molar-refractivity contribution in [1.82, 2.24) is 5.32 Å². The van der Waals surface area contributed by atoms with Crippen molar-refractivity contribution in [1.29, 1.82) is 0 Å². The van der Waals surface area contributed by atoms with E-state index in [9.17, 15) is 0 Å². The molecule has 0 saturated heterocycles. The molecule has 2 saturated carbocycles. The zero-order valence-electron chi connectivity index (χ0n) is 10.5. The summed E-state index contributed by atoms with van der Waals surface area (Å²) >= 11 is 0. The van der Waals surface area contributed by atoms with Crippen molar-refractivity contribution >= 4 is 0 Å². The smallest absolute Gasteiger partial charge is 0.00670 e. The molecule has 2 aliphatic carbocycles. The van der Waals surface area contributed by atoms with Gasteiger partial charge in [0.1, 0.15) is 0 Å². The first-order valence-corrected chi connectivity index (χ1v) is 7.02. The molecular formula is C14H27N. The second-order valence-electron chi connectivity index (χ2n) is 5.68. The first kappa shape index (κ1) is 11.4. The highest BCUT2D eigenvalue weighted by atomic mass is 14.9. The molecule has 0 amide bonds. The fourth-order valence-corrected chi connectivity index (χ4v) is 4.00. The number of rotatable bonds is 3. The predicted molar refractivity (Wildman–Crippen MR) is 65.9 cm³/mol. The monoisotopic (exact) mass is 209 g/mol. The SMILES string of the molecule is CCC1CCC(NC)CC1C1CCCC1. The summed E-state index contributed by atoms with van der Waals surface area (Å²) in [6.45, 7) is 2.40. The first-order chi connectivity index (χ1) is 7.35. The van der Waals surface area contributed by atoms with Gasteiger partial charge < -0.3 is 5.32 Å². The number of hydrogen-bond donors (Lipinski definition) is 1. The molecule has 2 aliphatic rings. The van der Waals surface area contributed by atoms with Crippen molar-refractivity contribution in [3.63, 3.8) is 0 Å². The molecule has 0 aliphatic heterocycles. The minimum Gasteiger partial charge on any atom is -0.317 e. The van der Waals surface area contributed by atoms with Gasteiger partial charge in [-0.05, 0) is 44.1 Å². The van der Waals surface area contributed by atoms with Gasteiger partial charge in [0.05, 0.1) is 0 Å². The summed E-state index contributed by atoms with van der Waals surface area (Å²) in [6.07, 6.45) is 11.8. The van der Waals surface area contributed by atoms with Gasteiger partial charge in [0.25, 0.3) is 0 Å². The van der Waals surface area contributed by atoms with Crippen LogP contribution in [0.5, 0.6) is 0 Å². The Bertz CT molecular complexity index is 182. The number of nitrogens with one attached hydrogen (secondary N) is 1. The van der Waals surface area contributed by atoms with Gasteiger partial charge in [0.15, 0.2) is 0 Å². The van der Waals surface area contributed by atoms with Gasteiger partial charge in [-0.2, -0.15) is 0 Å². The topological polar surface area (TPSA) is 12.0 Å². The zero-order chi connectivity index (χ0) is 10.7. The van der Waals surface area contributed by atoms with Crippen molar-refractivity contribution in [3.8, 4) is 0 Å². The van der Waals surface area contributed by atoms with Gasteiger partial charge in [-0.1, -0.05) is 39.0 Å². The normalized spacial score (nSPS) is 38.4. The Hall–Kier alpha value is -0.0400. The van der Waals surface area contributed by atoms with Crippen LogP contribution in [0.3, 0.4) is 0 Å². The molecule has 1 heteroatoms. The second kappa shape index (κ2) is 5.34. The summed E-state index contributed by atoms with van der Waals surface area (Å²) < 4.78 is 0. The molecular weight excluding hydrogens is 182 g/mol. The van der Waals surface area contributed by atoms with E-state index in [0.717, 1.165) is 23.8 Å². The van der Waals surface area contributed by atoms with E-state index in [1.165, 1.54) is 51.4 Å². The van der Waals surface area contributed by atoms with Crippen molar-refractivity contribution < 1.29 is 0 Å². The molecule has 0 spiro atoms. The third-order valence-corrected chi connectivity index (χ3v) is 4.99. The van der Waals surface area contributed by atoms with E-state index in [2.05, 4.69) is 19.3 Å².